The van der Waals surface area contributed by atoms with Crippen molar-refractivity contribution < 1.29 is 102 Å². The molecule has 132 heavy (non-hydrogen) atoms. The number of aromatic nitrogens is 2. The van der Waals surface area contributed by atoms with Crippen LogP contribution in [0.25, 0.3) is 0 Å². The Hall–Kier alpha value is -12.0. The standard InChI is InChI=1S/C87H142N24O21/c1-15-47(10)67(82(127)105-66(46(8)9)81(126)108-69(51(14)113)84(129)110-35-23-29-60(110)77(122)97-54(28-21-33-94-87(91)92)72(117)107-68(50(13)112)85(130)111-36-24-31-62(111)86(131)132)106-76(121)59(40-63(90)114)99-71(116)49(12)96-73(118)57(38-52-25-17-16-18-26-52)101-74(119)56(37-43(2)3)100-75(120)58(39-53-41-93-42-95-53)102-79(124)64(44(4)5)104-80(125)65(45(6)7)103-78(123)61-30-22-34-109(61)83(128)55(27-19-20-32-88)98-70(115)48(11)89/h16-18,25-26,41-51,54-62,64-69,112-113H,15,19-24,27-40,88-89H2,1-14H3,(H2,90,114)(H,93,95)(H,96,118)(H,97,122)(H,98,115)(H,99,116)(H,100,120)(H,101,119)(H,102,124)(H,103,123)(H,104,125)(H,105,127)(H,106,121)(H,107,117)(H,108,126)(H,131,132)(H4,91,92,94). The molecule has 2 aromatic rings. The number of hydrogen-bond donors (Lipinski definition) is 22. The summed E-state index contributed by atoms with van der Waals surface area (Å²) in [5, 5.41) is 65.9. The second-order valence-corrected chi connectivity index (χ2v) is 35.8. The Morgan fingerprint density at radius 1 is 0.462 bits per heavy atom. The summed E-state index contributed by atoms with van der Waals surface area (Å²) in [4.78, 5) is 268. The molecule has 20 unspecified atom stereocenters. The van der Waals surface area contributed by atoms with Crippen molar-refractivity contribution in [3.63, 3.8) is 0 Å². The van der Waals surface area contributed by atoms with Crippen LogP contribution in [0.4, 0.5) is 0 Å². The summed E-state index contributed by atoms with van der Waals surface area (Å²) in [5.41, 5.74) is 29.1. The summed E-state index contributed by atoms with van der Waals surface area (Å²) in [7, 11) is 0. The molecule has 0 spiro atoms. The van der Waals surface area contributed by atoms with Gasteiger partial charge in [-0.2, -0.15) is 0 Å². The van der Waals surface area contributed by atoms with E-state index in [2.05, 4.69) is 84.1 Å². The number of nitrogens with one attached hydrogen (secondary N) is 14. The van der Waals surface area contributed by atoms with Crippen LogP contribution in [0.3, 0.4) is 0 Å². The van der Waals surface area contributed by atoms with E-state index in [1.54, 1.807) is 99.6 Å². The Bertz CT molecular complexity index is 4300. The van der Waals surface area contributed by atoms with Gasteiger partial charge in [0.2, 0.25) is 100 Å². The number of guanidine groups is 1. The van der Waals surface area contributed by atoms with E-state index in [4.69, 9.17) is 28.7 Å². The highest BCUT2D eigenvalue weighted by Gasteiger charge is 2.47. The number of aromatic amines is 1. The normalized spacial score (nSPS) is 18.8. The predicted molar refractivity (Wildman–Crippen MR) is 482 cm³/mol. The first-order chi connectivity index (χ1) is 62.1. The number of carboxylic acids is 1. The van der Waals surface area contributed by atoms with Gasteiger partial charge in [-0.05, 0) is 146 Å². The number of likely N-dealkylation sites (tertiary alicyclic amines) is 3. The number of aliphatic imine (C=N–C) groups is 1. The van der Waals surface area contributed by atoms with Crippen molar-refractivity contribution in [3.05, 3.63) is 54.1 Å². The lowest BCUT2D eigenvalue weighted by Crippen LogP contribution is -2.63. The van der Waals surface area contributed by atoms with Crippen LogP contribution >= 0.6 is 0 Å². The number of amides is 17. The van der Waals surface area contributed by atoms with Crippen molar-refractivity contribution in [2.75, 3.05) is 32.7 Å². The molecule has 17 amide bonds. The fourth-order valence-electron chi connectivity index (χ4n) is 15.6. The second kappa shape index (κ2) is 53.5. The molecule has 45 nitrogen and oxygen atoms in total. The van der Waals surface area contributed by atoms with Gasteiger partial charge in [-0.25, -0.2) is 9.78 Å². The molecule has 5 rings (SSSR count). The summed E-state index contributed by atoms with van der Waals surface area (Å²) in [6.07, 6.45) is 1.09. The summed E-state index contributed by atoms with van der Waals surface area (Å²) < 4.78 is 0. The van der Waals surface area contributed by atoms with Gasteiger partial charge in [0.05, 0.1) is 31.0 Å². The number of benzene rings is 1. The largest absolute Gasteiger partial charge is 0.480 e. The third kappa shape index (κ3) is 33.7. The lowest BCUT2D eigenvalue weighted by Gasteiger charge is -2.33. The molecule has 3 fully saturated rings. The van der Waals surface area contributed by atoms with Crippen LogP contribution in [0.2, 0.25) is 0 Å². The third-order valence-electron chi connectivity index (χ3n) is 23.3. The number of carbonyl (C=O) groups excluding carboxylic acids is 17. The number of H-pyrrole nitrogens is 1. The lowest BCUT2D eigenvalue weighted by molar-refractivity contribution is -0.151. The zero-order chi connectivity index (χ0) is 98.8. The van der Waals surface area contributed by atoms with Crippen molar-refractivity contribution >= 4 is 112 Å². The number of carboxylic acid groups (broad SMARTS) is 1. The van der Waals surface area contributed by atoms with E-state index in [0.717, 1.165) is 9.80 Å². The van der Waals surface area contributed by atoms with E-state index in [0.29, 0.717) is 43.5 Å². The minimum Gasteiger partial charge on any atom is -0.480 e. The maximum absolute atomic E-state index is 14.9. The molecule has 0 aliphatic carbocycles. The first kappa shape index (κ1) is 111. The van der Waals surface area contributed by atoms with Crippen molar-refractivity contribution in [2.45, 2.75) is 315 Å². The topological polar surface area (TPSA) is 705 Å². The van der Waals surface area contributed by atoms with Gasteiger partial charge in [-0.1, -0.05) is 106 Å². The van der Waals surface area contributed by atoms with Gasteiger partial charge in [0.25, 0.3) is 0 Å². The van der Waals surface area contributed by atoms with Gasteiger partial charge in [-0.15, -0.1) is 0 Å². The maximum atomic E-state index is 14.9. The average molecular weight is 1860 g/mol. The Morgan fingerprint density at radius 3 is 1.38 bits per heavy atom. The molecule has 3 saturated heterocycles. The monoisotopic (exact) mass is 1860 g/mol. The summed E-state index contributed by atoms with van der Waals surface area (Å²) in [6.45, 7) is 22.1. The average Bonchev–Trinajstić information content (AvgIpc) is 1.64. The zero-order valence-corrected chi connectivity index (χ0v) is 78.1. The molecule has 4 heterocycles. The van der Waals surface area contributed by atoms with E-state index in [1.807, 2.05) is 0 Å². The second-order valence-electron chi connectivity index (χ2n) is 35.8. The van der Waals surface area contributed by atoms with E-state index < -0.39 is 251 Å². The molecular formula is C87H142N24O21. The molecule has 45 heteroatoms. The zero-order valence-electron chi connectivity index (χ0n) is 78.1. The number of primary amides is 1. The van der Waals surface area contributed by atoms with E-state index >= 15 is 0 Å². The fraction of sp³-hybridized carbons (Fsp3) is 0.678. The number of rotatable bonds is 53. The molecule has 20 atom stereocenters. The number of nitrogens with zero attached hydrogens (tertiary/aromatic N) is 5. The Kier molecular flexibility index (Phi) is 44.8. The van der Waals surface area contributed by atoms with Crippen LogP contribution in [0.15, 0.2) is 47.8 Å². The van der Waals surface area contributed by atoms with E-state index in [1.165, 1.54) is 45.1 Å². The highest BCUT2D eigenvalue weighted by atomic mass is 16.4. The van der Waals surface area contributed by atoms with E-state index in [-0.39, 0.29) is 109 Å². The number of aliphatic hydroxyl groups excluding tert-OH is 2. The molecular weight excluding hydrogens is 1720 g/mol. The first-order valence-corrected chi connectivity index (χ1v) is 45.4. The number of aliphatic carboxylic acids is 1. The van der Waals surface area contributed by atoms with Gasteiger partial charge in [0, 0.05) is 50.9 Å². The quantitative estimate of drug-likeness (QED) is 0.0167. The summed E-state index contributed by atoms with van der Waals surface area (Å²) in [6, 6.07) is -15.4. The molecule has 0 bridgehead atoms. The Morgan fingerprint density at radius 2 is 0.886 bits per heavy atom. The highest BCUT2D eigenvalue weighted by molar-refractivity contribution is 6.02. The number of carbonyl (C=O) groups is 18. The summed E-state index contributed by atoms with van der Waals surface area (Å²) in [5.74, 6) is -19.5. The molecule has 3 aliphatic heterocycles. The number of imidazole rings is 1. The predicted octanol–water partition coefficient (Wildman–Crippen LogP) is -5.20. The van der Waals surface area contributed by atoms with Crippen LogP contribution in [-0.2, 0) is 99.1 Å². The molecule has 27 N–H and O–H groups in total. The SMILES string of the molecule is CCC(C)C(NC(=O)C(CC(N)=O)NC(=O)C(C)NC(=O)C(Cc1ccccc1)NC(=O)C(CC(C)C)NC(=O)C(Cc1cnc[nH]1)NC(=O)C(NC(=O)C(NC(=O)C1CCCN1C(=O)C(CCCCN)NC(=O)C(C)N)C(C)C)C(C)C)C(=O)NC(C(=O)NC(C(=O)N1CCCC1C(=O)NC(CCCN=C(N)N)C(=O)NC(C(=O)N1CCCC1C(=O)O)C(C)O)C(C)O)C(C)C. The first-order valence-electron chi connectivity index (χ1n) is 45.4. The van der Waals surface area contributed by atoms with Crippen LogP contribution in [-0.4, -0.2) is 300 Å². The van der Waals surface area contributed by atoms with Crippen LogP contribution < -0.4 is 97.8 Å². The number of nitrogens with two attached hydrogens (primary N) is 5. The number of aliphatic hydroxyl groups is 2. The smallest absolute Gasteiger partial charge is 0.326 e. The van der Waals surface area contributed by atoms with Gasteiger partial charge < -0.3 is 133 Å². The maximum Gasteiger partial charge on any atom is 0.326 e. The molecule has 1 aromatic heterocycles. The number of hydrogen-bond acceptors (Lipinski definition) is 24. The fourth-order valence-corrected chi connectivity index (χ4v) is 15.6. The van der Waals surface area contributed by atoms with Gasteiger partial charge >= 0.3 is 5.97 Å². The molecule has 736 valence electrons. The van der Waals surface area contributed by atoms with Crippen LogP contribution in [0.5, 0.6) is 0 Å². The third-order valence-corrected chi connectivity index (χ3v) is 23.3. The Labute approximate surface area is 769 Å². The van der Waals surface area contributed by atoms with Crippen molar-refractivity contribution in [3.8, 4) is 0 Å². The van der Waals surface area contributed by atoms with Crippen LogP contribution in [0.1, 0.15) is 198 Å². The van der Waals surface area contributed by atoms with E-state index in [9.17, 15) is 102 Å². The van der Waals surface area contributed by atoms with Crippen molar-refractivity contribution in [1.82, 2.24) is 93.8 Å². The van der Waals surface area contributed by atoms with Gasteiger partial charge in [-0.3, -0.25) is 86.5 Å². The minimum atomic E-state index is -1.83. The van der Waals surface area contributed by atoms with Crippen molar-refractivity contribution in [2.24, 2.45) is 63.3 Å². The molecule has 0 saturated carbocycles. The number of unbranched alkanes of at least 4 members (excludes halogenated alkanes) is 1. The van der Waals surface area contributed by atoms with Gasteiger partial charge in [0.1, 0.15) is 96.7 Å². The molecule has 0 radical (unpaired) electrons. The Balaban J connectivity index is 1.30. The molecule has 3 aliphatic rings. The lowest BCUT2D eigenvalue weighted by atomic mass is 9.95. The van der Waals surface area contributed by atoms with Gasteiger partial charge in [0.15, 0.2) is 5.96 Å². The van der Waals surface area contributed by atoms with Crippen LogP contribution in [0, 0.1) is 29.6 Å². The molecule has 1 aromatic carbocycles. The highest BCUT2D eigenvalue weighted by Crippen LogP contribution is 2.26. The summed E-state index contributed by atoms with van der Waals surface area (Å²) >= 11 is 0. The van der Waals surface area contributed by atoms with Crippen molar-refractivity contribution in [1.29, 1.82) is 0 Å². The minimum absolute atomic E-state index is 0.0166.